The molecule has 0 atom stereocenters. The number of rotatable bonds is 6. The summed E-state index contributed by atoms with van der Waals surface area (Å²) in [6, 6.07) is 10.3. The quantitative estimate of drug-likeness (QED) is 0.777. The molecule has 0 unspecified atom stereocenters. The second kappa shape index (κ2) is 8.08. The Balaban J connectivity index is 1.38. The van der Waals surface area contributed by atoms with Gasteiger partial charge in [-0.15, -0.1) is 5.10 Å². The molecule has 0 bridgehead atoms. The fourth-order valence-corrected chi connectivity index (χ4v) is 4.79. The van der Waals surface area contributed by atoms with E-state index >= 15 is 0 Å². The van der Waals surface area contributed by atoms with Crippen LogP contribution in [0.4, 0.5) is 11.5 Å². The monoisotopic (exact) mass is 415 g/mol. The summed E-state index contributed by atoms with van der Waals surface area (Å²) in [5.41, 5.74) is 1.64. The Hall–Kier alpha value is -2.52. The summed E-state index contributed by atoms with van der Waals surface area (Å²) < 4.78 is 27.4. The van der Waals surface area contributed by atoms with Crippen molar-refractivity contribution in [2.75, 3.05) is 36.4 Å². The number of nitrogens with zero attached hydrogens (tertiary/aromatic N) is 4. The maximum atomic E-state index is 12.9. The molecule has 1 saturated heterocycles. The largest absolute Gasteiger partial charge is 0.352 e. The molecule has 2 aliphatic rings. The van der Waals surface area contributed by atoms with Gasteiger partial charge in [0, 0.05) is 44.2 Å². The number of benzene rings is 1. The van der Waals surface area contributed by atoms with Gasteiger partial charge in [0.2, 0.25) is 15.9 Å². The molecule has 1 aromatic heterocycles. The lowest BCUT2D eigenvalue weighted by atomic mass is 10.2. The van der Waals surface area contributed by atoms with Crippen molar-refractivity contribution in [2.24, 2.45) is 0 Å². The zero-order valence-electron chi connectivity index (χ0n) is 16.4. The first-order chi connectivity index (χ1) is 14.0. The number of amides is 1. The van der Waals surface area contributed by atoms with Gasteiger partial charge in [0.15, 0.2) is 5.82 Å². The van der Waals surface area contributed by atoms with Gasteiger partial charge in [-0.25, -0.2) is 8.42 Å². The van der Waals surface area contributed by atoms with Crippen molar-refractivity contribution in [2.45, 2.75) is 37.0 Å². The van der Waals surface area contributed by atoms with E-state index in [1.165, 1.54) is 29.3 Å². The highest BCUT2D eigenvalue weighted by molar-refractivity contribution is 7.89. The smallest absolute Gasteiger partial charge is 0.243 e. The molecule has 1 amide bonds. The minimum atomic E-state index is -3.57. The number of sulfonamides is 1. The third-order valence-electron chi connectivity index (χ3n) is 5.33. The minimum absolute atomic E-state index is 0.106. The molecular weight excluding hydrogens is 390 g/mol. The zero-order valence-corrected chi connectivity index (χ0v) is 17.2. The van der Waals surface area contributed by atoms with Crippen LogP contribution in [0.3, 0.4) is 0 Å². The van der Waals surface area contributed by atoms with Crippen LogP contribution in [0.2, 0.25) is 0 Å². The number of aromatic nitrogens is 2. The first kappa shape index (κ1) is 19.8. The maximum absolute atomic E-state index is 12.9. The van der Waals surface area contributed by atoms with Crippen LogP contribution >= 0.6 is 0 Å². The normalized spacial score (nSPS) is 17.9. The van der Waals surface area contributed by atoms with Crippen LogP contribution < -0.4 is 10.2 Å². The van der Waals surface area contributed by atoms with E-state index in [1.807, 2.05) is 12.1 Å². The van der Waals surface area contributed by atoms with Crippen molar-refractivity contribution >= 4 is 27.4 Å². The Bertz CT molecular complexity index is 964. The van der Waals surface area contributed by atoms with Gasteiger partial charge < -0.3 is 10.2 Å². The number of hydrogen-bond donors (Lipinski definition) is 1. The topological polar surface area (TPSA) is 95.5 Å². The lowest BCUT2D eigenvalue weighted by Crippen LogP contribution is -2.49. The Kier molecular flexibility index (Phi) is 5.51. The molecule has 1 aliphatic heterocycles. The SMILES string of the molecule is CCC(=O)Nc1ccc(S(=O)(=O)N2CCN(c3ccc(C4CC4)nn3)CC2)cc1. The molecule has 1 N–H and O–H groups in total. The van der Waals surface area contributed by atoms with Crippen LogP contribution in [0, 0.1) is 0 Å². The van der Waals surface area contributed by atoms with Crippen LogP contribution in [-0.4, -0.2) is 55.0 Å². The molecule has 29 heavy (non-hydrogen) atoms. The van der Waals surface area contributed by atoms with Crippen molar-refractivity contribution < 1.29 is 13.2 Å². The van der Waals surface area contributed by atoms with Gasteiger partial charge in [0.05, 0.1) is 10.6 Å². The predicted molar refractivity (Wildman–Crippen MR) is 110 cm³/mol. The van der Waals surface area contributed by atoms with Gasteiger partial charge in [-0.05, 0) is 49.2 Å². The third-order valence-corrected chi connectivity index (χ3v) is 7.24. The van der Waals surface area contributed by atoms with E-state index in [-0.39, 0.29) is 10.8 Å². The van der Waals surface area contributed by atoms with Crippen LogP contribution in [0.15, 0.2) is 41.3 Å². The third kappa shape index (κ3) is 4.40. The van der Waals surface area contributed by atoms with Crippen LogP contribution in [0.1, 0.15) is 37.8 Å². The molecule has 1 aromatic carbocycles. The first-order valence-corrected chi connectivity index (χ1v) is 11.4. The van der Waals surface area contributed by atoms with E-state index in [4.69, 9.17) is 0 Å². The van der Waals surface area contributed by atoms with E-state index in [0.717, 1.165) is 11.5 Å². The highest BCUT2D eigenvalue weighted by Gasteiger charge is 2.30. The molecule has 154 valence electrons. The number of carbonyl (C=O) groups is 1. The fourth-order valence-electron chi connectivity index (χ4n) is 3.37. The molecular formula is C20H25N5O3S. The van der Waals surface area contributed by atoms with Gasteiger partial charge in [-0.3, -0.25) is 4.79 Å². The van der Waals surface area contributed by atoms with Crippen molar-refractivity contribution in [3.63, 3.8) is 0 Å². The average Bonchev–Trinajstić information content (AvgIpc) is 3.60. The van der Waals surface area contributed by atoms with Gasteiger partial charge >= 0.3 is 0 Å². The standard InChI is InChI=1S/C20H25N5O3S/c1-2-20(26)21-16-5-7-17(8-6-16)29(27,28)25-13-11-24(12-14-25)19-10-9-18(22-23-19)15-3-4-15/h5-10,15H,2-4,11-14H2,1H3,(H,21,26). The number of piperazine rings is 1. The molecule has 9 heteroatoms. The van der Waals surface area contributed by atoms with Gasteiger partial charge in [0.25, 0.3) is 0 Å². The molecule has 8 nitrogen and oxygen atoms in total. The Labute approximate surface area is 171 Å². The molecule has 2 heterocycles. The zero-order chi connectivity index (χ0) is 20.4. The van der Waals surface area contributed by atoms with E-state index < -0.39 is 10.0 Å². The lowest BCUT2D eigenvalue weighted by Gasteiger charge is -2.34. The van der Waals surface area contributed by atoms with Crippen molar-refractivity contribution in [3.8, 4) is 0 Å². The first-order valence-electron chi connectivity index (χ1n) is 9.96. The number of carbonyl (C=O) groups excluding carboxylic acids is 1. The lowest BCUT2D eigenvalue weighted by molar-refractivity contribution is -0.115. The van der Waals surface area contributed by atoms with Gasteiger partial charge in [-0.1, -0.05) is 6.92 Å². The second-order valence-electron chi connectivity index (χ2n) is 7.41. The average molecular weight is 416 g/mol. The van der Waals surface area contributed by atoms with E-state index in [2.05, 4.69) is 20.4 Å². The summed E-state index contributed by atoms with van der Waals surface area (Å²) in [7, 11) is -3.57. The predicted octanol–water partition coefficient (Wildman–Crippen LogP) is 2.21. The summed E-state index contributed by atoms with van der Waals surface area (Å²) >= 11 is 0. The Morgan fingerprint density at radius 1 is 1.03 bits per heavy atom. The van der Waals surface area contributed by atoms with Crippen LogP contribution in [0.5, 0.6) is 0 Å². The molecule has 1 saturated carbocycles. The number of anilines is 2. The summed E-state index contributed by atoms with van der Waals surface area (Å²) in [6.07, 6.45) is 2.76. The van der Waals surface area contributed by atoms with E-state index in [0.29, 0.717) is 44.2 Å². The summed E-state index contributed by atoms with van der Waals surface area (Å²) in [6.45, 7) is 3.69. The number of hydrogen-bond acceptors (Lipinski definition) is 6. The Morgan fingerprint density at radius 2 is 1.72 bits per heavy atom. The molecule has 2 aromatic rings. The van der Waals surface area contributed by atoms with E-state index in [1.54, 1.807) is 19.1 Å². The molecule has 0 radical (unpaired) electrons. The molecule has 0 spiro atoms. The minimum Gasteiger partial charge on any atom is -0.352 e. The van der Waals surface area contributed by atoms with E-state index in [9.17, 15) is 13.2 Å². The van der Waals surface area contributed by atoms with Crippen LogP contribution in [-0.2, 0) is 14.8 Å². The second-order valence-corrected chi connectivity index (χ2v) is 9.35. The van der Waals surface area contributed by atoms with Crippen LogP contribution in [0.25, 0.3) is 0 Å². The highest BCUT2D eigenvalue weighted by Crippen LogP contribution is 2.38. The molecule has 4 rings (SSSR count). The van der Waals surface area contributed by atoms with Gasteiger partial charge in [-0.2, -0.15) is 9.40 Å². The van der Waals surface area contributed by atoms with Crippen molar-refractivity contribution in [3.05, 3.63) is 42.1 Å². The number of nitrogens with one attached hydrogen (secondary N) is 1. The maximum Gasteiger partial charge on any atom is 0.243 e. The fraction of sp³-hybridized carbons (Fsp3) is 0.450. The summed E-state index contributed by atoms with van der Waals surface area (Å²) in [5.74, 6) is 1.26. The summed E-state index contributed by atoms with van der Waals surface area (Å²) in [5, 5.41) is 11.4. The summed E-state index contributed by atoms with van der Waals surface area (Å²) in [4.78, 5) is 13.8. The highest BCUT2D eigenvalue weighted by atomic mass is 32.2. The molecule has 2 fully saturated rings. The van der Waals surface area contributed by atoms with Crippen molar-refractivity contribution in [1.82, 2.24) is 14.5 Å². The molecule has 1 aliphatic carbocycles. The van der Waals surface area contributed by atoms with Crippen molar-refractivity contribution in [1.29, 1.82) is 0 Å². The van der Waals surface area contributed by atoms with Gasteiger partial charge in [0.1, 0.15) is 0 Å². The Morgan fingerprint density at radius 3 is 2.28 bits per heavy atom.